The second-order valence-electron chi connectivity index (χ2n) is 18.2. The fraction of sp³-hybridized carbons (Fsp3) is 0.854. The van der Waals surface area contributed by atoms with E-state index < -0.39 is 28.5 Å². The SMILES string of the molecule is C.C1CN[C@H](CN2CCCC2)C1.CCC(C)(C)C(=O)C(=O)N1CCC[C@H]1CN1CCCC1.CCOC(=O)C(=O)Cl.CCOC(=O)C(=O)N1CCC[C@H]1CN1CCCC1.CC[C-](C)C.[Cl-].[Mg+2]. The van der Waals surface area contributed by atoms with Gasteiger partial charge in [-0.25, -0.2) is 9.59 Å². The Balaban J connectivity index is 0. The Morgan fingerprint density at radius 3 is 1.35 bits per heavy atom. The average Bonchev–Trinajstić information content (AvgIpc) is 4.12. The van der Waals surface area contributed by atoms with Crippen molar-refractivity contribution in [2.75, 3.05) is 91.8 Å². The number of carbonyl (C=O) groups is 6. The molecule has 65 heavy (non-hydrogen) atoms. The van der Waals surface area contributed by atoms with E-state index in [2.05, 4.69) is 45.5 Å². The molecule has 3 atom stereocenters. The maximum absolute atomic E-state index is 12.5. The third-order valence-electron chi connectivity index (χ3n) is 12.7. The molecule has 0 aromatic heterocycles. The third-order valence-corrected chi connectivity index (χ3v) is 12.9. The van der Waals surface area contributed by atoms with Gasteiger partial charge in [0.15, 0.2) is 0 Å². The van der Waals surface area contributed by atoms with Gasteiger partial charge < -0.3 is 57.6 Å². The molecular formula is C48H88Cl2MgN6O8. The van der Waals surface area contributed by atoms with Crippen molar-refractivity contribution in [1.82, 2.24) is 29.8 Å². The molecule has 6 fully saturated rings. The van der Waals surface area contributed by atoms with Gasteiger partial charge in [-0.15, -0.1) is 0 Å². The summed E-state index contributed by atoms with van der Waals surface area (Å²) in [6.45, 7) is 29.0. The molecule has 0 aromatic carbocycles. The summed E-state index contributed by atoms with van der Waals surface area (Å²) in [6, 6.07) is 1.25. The van der Waals surface area contributed by atoms with E-state index in [4.69, 9.17) is 16.3 Å². The quantitative estimate of drug-likeness (QED) is 0.0952. The van der Waals surface area contributed by atoms with Crippen LogP contribution in [0.5, 0.6) is 0 Å². The number of nitrogens with one attached hydrogen (secondary N) is 1. The summed E-state index contributed by atoms with van der Waals surface area (Å²) in [7, 11) is 0. The van der Waals surface area contributed by atoms with Crippen LogP contribution in [0.25, 0.3) is 0 Å². The molecule has 6 aliphatic heterocycles. The van der Waals surface area contributed by atoms with E-state index in [9.17, 15) is 28.8 Å². The Kier molecular flexibility index (Phi) is 36.7. The Labute approximate surface area is 421 Å². The molecule has 0 bridgehead atoms. The summed E-state index contributed by atoms with van der Waals surface area (Å²) in [5.41, 5.74) is -0.530. The van der Waals surface area contributed by atoms with E-state index in [1.807, 2.05) is 25.7 Å². The van der Waals surface area contributed by atoms with Crippen molar-refractivity contribution in [1.29, 1.82) is 0 Å². The number of nitrogens with zero attached hydrogens (tertiary/aromatic N) is 5. The average molecular weight is 972 g/mol. The summed E-state index contributed by atoms with van der Waals surface area (Å²) in [5, 5.41) is 2.46. The van der Waals surface area contributed by atoms with Crippen LogP contribution in [0.3, 0.4) is 0 Å². The zero-order valence-corrected chi connectivity index (χ0v) is 43.9. The fourth-order valence-electron chi connectivity index (χ4n) is 8.38. The van der Waals surface area contributed by atoms with Crippen molar-refractivity contribution in [2.24, 2.45) is 5.41 Å². The van der Waals surface area contributed by atoms with Crippen LogP contribution in [0.15, 0.2) is 0 Å². The van der Waals surface area contributed by atoms with Crippen LogP contribution in [0.4, 0.5) is 0 Å². The number of Topliss-reactive ketones (excluding diaryl/α,β-unsaturated/α-hetero) is 1. The molecule has 0 aromatic rings. The molecular weight excluding hydrogens is 884 g/mol. The zero-order chi connectivity index (χ0) is 46.1. The van der Waals surface area contributed by atoms with Crippen molar-refractivity contribution in [3.8, 4) is 0 Å². The molecule has 0 unspecified atom stereocenters. The predicted molar refractivity (Wildman–Crippen MR) is 258 cm³/mol. The molecule has 6 heterocycles. The van der Waals surface area contributed by atoms with Crippen LogP contribution >= 0.6 is 11.6 Å². The van der Waals surface area contributed by atoms with Crippen LogP contribution < -0.4 is 17.7 Å². The first-order valence-corrected chi connectivity index (χ1v) is 24.3. The summed E-state index contributed by atoms with van der Waals surface area (Å²) in [6.07, 6.45) is 16.7. The zero-order valence-electron chi connectivity index (χ0n) is 41.0. The maximum Gasteiger partial charge on any atom is 2.00 e. The summed E-state index contributed by atoms with van der Waals surface area (Å²) in [5.74, 6) is -1.12. The Bertz CT molecular complexity index is 1340. The van der Waals surface area contributed by atoms with Gasteiger partial charge in [0.05, 0.1) is 13.2 Å². The number of ether oxygens (including phenoxy) is 2. The molecule has 0 aliphatic carbocycles. The van der Waals surface area contributed by atoms with Gasteiger partial charge in [-0.3, -0.25) is 19.2 Å². The van der Waals surface area contributed by atoms with Crippen LogP contribution in [-0.2, 0) is 38.2 Å². The molecule has 0 radical (unpaired) electrons. The van der Waals surface area contributed by atoms with Gasteiger partial charge in [0.2, 0.25) is 5.78 Å². The van der Waals surface area contributed by atoms with Crippen molar-refractivity contribution >= 4 is 69.4 Å². The van der Waals surface area contributed by atoms with E-state index in [1.54, 1.807) is 18.7 Å². The minimum Gasteiger partial charge on any atom is -1.00 e. The number of hydrogen-bond acceptors (Lipinski definition) is 12. The Morgan fingerprint density at radius 2 is 1.02 bits per heavy atom. The van der Waals surface area contributed by atoms with Crippen LogP contribution in [0.1, 0.15) is 153 Å². The fourth-order valence-corrected chi connectivity index (χ4v) is 8.43. The molecule has 0 saturated carbocycles. The van der Waals surface area contributed by atoms with E-state index >= 15 is 0 Å². The molecule has 6 rings (SSSR count). The van der Waals surface area contributed by atoms with Gasteiger partial charge in [0.1, 0.15) is 0 Å². The van der Waals surface area contributed by atoms with Gasteiger partial charge >= 0.3 is 46.1 Å². The summed E-state index contributed by atoms with van der Waals surface area (Å²) >= 11 is 4.69. The second kappa shape index (κ2) is 36.4. The normalized spacial score (nSPS) is 21.7. The molecule has 6 saturated heterocycles. The number of carbonyl (C=O) groups excluding carboxylic acids is 6. The van der Waals surface area contributed by atoms with Gasteiger partial charge in [0, 0.05) is 56.3 Å². The van der Waals surface area contributed by atoms with Gasteiger partial charge in [-0.2, -0.15) is 20.3 Å². The Hall–Kier alpha value is -1.59. The number of amides is 2. The molecule has 2 amide bonds. The standard InChI is InChI=1S/C16H28N2O2.C13H22N2O3.C9H18N2.C5H11.C4H5ClO3.CH4.ClH.Mg/c1-4-16(2,3)14(19)15(20)18-11-7-8-13(18)12-17-9-5-6-10-17;1-2-18-13(17)12(16)15-9-5-6-11(15)10-14-7-3-4-8-14;1-2-7-11(6-1)8-9-4-3-5-10-9;1-4-5(2)3;1-2-8-4(7)3(5)6;;;/h13H,4-12H2,1-3H3;11H,2-10H2,1H3;9-10H,1-8H2;4H2,1-3H3;2H2,1H3;1H4;1H;/q;;;-1;;;;+2/p-1/t13-;11-;9-;;;;;/m000...../s1. The summed E-state index contributed by atoms with van der Waals surface area (Å²) < 4.78 is 8.97. The number of halogens is 2. The number of likely N-dealkylation sites (tertiary alicyclic amines) is 5. The molecule has 14 nitrogen and oxygen atoms in total. The maximum atomic E-state index is 12.5. The molecule has 374 valence electrons. The van der Waals surface area contributed by atoms with Crippen LogP contribution in [0.2, 0.25) is 0 Å². The number of ketones is 1. The van der Waals surface area contributed by atoms with E-state index in [0.717, 1.165) is 77.5 Å². The van der Waals surface area contributed by atoms with Gasteiger partial charge in [-0.1, -0.05) is 35.1 Å². The third kappa shape index (κ3) is 25.0. The topological polar surface area (TPSA) is 149 Å². The largest absolute Gasteiger partial charge is 2.00 e. The first kappa shape index (κ1) is 65.5. The van der Waals surface area contributed by atoms with Crippen molar-refractivity contribution in [2.45, 2.75) is 171 Å². The van der Waals surface area contributed by atoms with Crippen molar-refractivity contribution in [3.05, 3.63) is 5.92 Å². The minimum atomic E-state index is -1.08. The molecule has 6 aliphatic rings. The smallest absolute Gasteiger partial charge is 1.00 e. The molecule has 17 heteroatoms. The van der Waals surface area contributed by atoms with E-state index in [0.29, 0.717) is 13.0 Å². The minimum absolute atomic E-state index is 0. The van der Waals surface area contributed by atoms with E-state index in [-0.39, 0.29) is 79.9 Å². The predicted octanol–water partition coefficient (Wildman–Crippen LogP) is 3.13. The number of hydrogen-bond donors (Lipinski definition) is 1. The molecule has 1 N–H and O–H groups in total. The van der Waals surface area contributed by atoms with Crippen LogP contribution in [0, 0.1) is 11.3 Å². The first-order chi connectivity index (χ1) is 29.6. The Morgan fingerprint density at radius 1 is 0.615 bits per heavy atom. The van der Waals surface area contributed by atoms with E-state index in [1.165, 1.54) is 89.9 Å². The van der Waals surface area contributed by atoms with Crippen LogP contribution in [-0.4, -0.2) is 192 Å². The summed E-state index contributed by atoms with van der Waals surface area (Å²) in [4.78, 5) is 79.1. The molecule has 0 spiro atoms. The monoisotopic (exact) mass is 971 g/mol. The van der Waals surface area contributed by atoms with Gasteiger partial charge in [-0.05, 0) is 155 Å². The van der Waals surface area contributed by atoms with Crippen molar-refractivity contribution in [3.63, 3.8) is 0 Å². The number of esters is 2. The van der Waals surface area contributed by atoms with Crippen molar-refractivity contribution < 1.29 is 50.6 Å². The second-order valence-corrected chi connectivity index (χ2v) is 18.6. The number of rotatable bonds is 13. The first-order valence-electron chi connectivity index (χ1n) is 24.0. The van der Waals surface area contributed by atoms with Gasteiger partial charge in [0.25, 0.3) is 5.91 Å².